The second-order valence-electron chi connectivity index (χ2n) is 21.8. The Morgan fingerprint density at radius 3 is 0.765 bits per heavy atom. The van der Waals surface area contributed by atoms with Gasteiger partial charge >= 0.3 is 17.9 Å². The minimum Gasteiger partial charge on any atom is -0.462 e. The number of unbranched alkanes of at least 4 members (excludes halogenated alkanes) is 39. The molecule has 0 aromatic rings. The van der Waals surface area contributed by atoms with E-state index in [1.54, 1.807) is 0 Å². The summed E-state index contributed by atoms with van der Waals surface area (Å²) in [6, 6.07) is 0. The summed E-state index contributed by atoms with van der Waals surface area (Å²) in [6.45, 7) is 11.5. The van der Waals surface area contributed by atoms with Gasteiger partial charge < -0.3 is 14.2 Å². The third-order valence-corrected chi connectivity index (χ3v) is 14.9. The van der Waals surface area contributed by atoms with Gasteiger partial charge in [-0.2, -0.15) is 0 Å². The van der Waals surface area contributed by atoms with Gasteiger partial charge in [0.2, 0.25) is 0 Å². The highest BCUT2D eigenvalue weighted by atomic mass is 16.6. The van der Waals surface area contributed by atoms with Gasteiger partial charge in [-0.25, -0.2) is 0 Å². The number of rotatable bonds is 56. The minimum absolute atomic E-state index is 0.0626. The van der Waals surface area contributed by atoms with Crippen LogP contribution in [0.15, 0.2) is 0 Å². The van der Waals surface area contributed by atoms with Crippen LogP contribution in [0.4, 0.5) is 0 Å². The van der Waals surface area contributed by atoms with Crippen molar-refractivity contribution < 1.29 is 28.6 Å². The standard InChI is InChI=1S/C62H120O6/c1-6-9-10-11-12-13-14-15-16-22-26-29-32-39-44-49-54-62(65)68-59(56-67-61(64)53-48-43-38-34-33-36-41-46-51-58(5)8-3)55-66-60(63)52-47-42-37-31-28-25-23-20-18-17-19-21-24-27-30-35-40-45-50-57(4)7-2/h57-59H,6-56H2,1-5H3/t57?,58?,59-/m1/s1. The first-order valence-corrected chi connectivity index (χ1v) is 30.8. The van der Waals surface area contributed by atoms with Crippen molar-refractivity contribution in [3.05, 3.63) is 0 Å². The first-order chi connectivity index (χ1) is 33.3. The molecule has 0 aliphatic heterocycles. The van der Waals surface area contributed by atoms with Gasteiger partial charge in [-0.05, 0) is 31.1 Å². The molecule has 3 atom stereocenters. The second-order valence-corrected chi connectivity index (χ2v) is 21.8. The van der Waals surface area contributed by atoms with Gasteiger partial charge in [-0.3, -0.25) is 14.4 Å². The Kier molecular flexibility index (Phi) is 53.5. The van der Waals surface area contributed by atoms with Crippen LogP contribution >= 0.6 is 0 Å². The molecule has 6 heteroatoms. The molecule has 0 saturated carbocycles. The normalized spacial score (nSPS) is 12.8. The van der Waals surface area contributed by atoms with Crippen molar-refractivity contribution in [2.24, 2.45) is 11.8 Å². The lowest BCUT2D eigenvalue weighted by molar-refractivity contribution is -0.167. The van der Waals surface area contributed by atoms with Gasteiger partial charge in [0.1, 0.15) is 13.2 Å². The van der Waals surface area contributed by atoms with Gasteiger partial charge in [0, 0.05) is 19.3 Å². The SMILES string of the molecule is CCCCCCCCCCCCCCCCCCC(=O)O[C@H](COC(=O)CCCCCCCCCCCCCCCCCCCCC(C)CC)COC(=O)CCCCCCCCCCC(C)CC. The van der Waals surface area contributed by atoms with Gasteiger partial charge in [0.25, 0.3) is 0 Å². The fraction of sp³-hybridized carbons (Fsp3) is 0.952. The van der Waals surface area contributed by atoms with Gasteiger partial charge in [-0.15, -0.1) is 0 Å². The molecule has 0 aromatic carbocycles. The number of hydrogen-bond acceptors (Lipinski definition) is 6. The van der Waals surface area contributed by atoms with E-state index in [4.69, 9.17) is 14.2 Å². The third kappa shape index (κ3) is 52.2. The fourth-order valence-electron chi connectivity index (χ4n) is 9.52. The van der Waals surface area contributed by atoms with Gasteiger partial charge in [-0.1, -0.05) is 311 Å². The maximum absolute atomic E-state index is 12.9. The monoisotopic (exact) mass is 961 g/mol. The van der Waals surface area contributed by atoms with E-state index in [9.17, 15) is 14.4 Å². The van der Waals surface area contributed by atoms with Crippen LogP contribution in [0.1, 0.15) is 349 Å². The molecular weight excluding hydrogens is 841 g/mol. The van der Waals surface area contributed by atoms with Gasteiger partial charge in [0.15, 0.2) is 6.10 Å². The van der Waals surface area contributed by atoms with Crippen molar-refractivity contribution in [2.75, 3.05) is 13.2 Å². The van der Waals surface area contributed by atoms with E-state index in [2.05, 4.69) is 34.6 Å². The molecule has 0 amide bonds. The summed E-state index contributed by atoms with van der Waals surface area (Å²) in [5.41, 5.74) is 0. The lowest BCUT2D eigenvalue weighted by Gasteiger charge is -2.18. The number of esters is 3. The number of hydrogen-bond donors (Lipinski definition) is 0. The second kappa shape index (κ2) is 54.7. The maximum Gasteiger partial charge on any atom is 0.306 e. The highest BCUT2D eigenvalue weighted by molar-refractivity contribution is 5.71. The van der Waals surface area contributed by atoms with Crippen molar-refractivity contribution in [3.63, 3.8) is 0 Å². The zero-order chi connectivity index (χ0) is 49.6. The predicted octanol–water partition coefficient (Wildman–Crippen LogP) is 20.4. The summed E-state index contributed by atoms with van der Waals surface area (Å²) < 4.78 is 16.9. The molecule has 0 bridgehead atoms. The summed E-state index contributed by atoms with van der Waals surface area (Å²) in [6.07, 6.45) is 59.5. The van der Waals surface area contributed by atoms with Crippen molar-refractivity contribution in [1.82, 2.24) is 0 Å². The Hall–Kier alpha value is -1.59. The molecule has 0 fully saturated rings. The quantitative estimate of drug-likeness (QED) is 0.0343. The van der Waals surface area contributed by atoms with Crippen LogP contribution in [0.5, 0.6) is 0 Å². The van der Waals surface area contributed by atoms with Gasteiger partial charge in [0.05, 0.1) is 0 Å². The third-order valence-electron chi connectivity index (χ3n) is 14.9. The fourth-order valence-corrected chi connectivity index (χ4v) is 9.52. The molecule has 0 saturated heterocycles. The summed E-state index contributed by atoms with van der Waals surface area (Å²) in [5, 5.41) is 0. The molecule has 2 unspecified atom stereocenters. The lowest BCUT2D eigenvalue weighted by atomic mass is 9.99. The van der Waals surface area contributed by atoms with Crippen LogP contribution in [0, 0.1) is 11.8 Å². The van der Waals surface area contributed by atoms with Crippen LogP contribution in [0.25, 0.3) is 0 Å². The average molecular weight is 962 g/mol. The molecule has 404 valence electrons. The highest BCUT2D eigenvalue weighted by Crippen LogP contribution is 2.19. The summed E-state index contributed by atoms with van der Waals surface area (Å²) >= 11 is 0. The van der Waals surface area contributed by atoms with Crippen LogP contribution < -0.4 is 0 Å². The van der Waals surface area contributed by atoms with E-state index in [-0.39, 0.29) is 31.1 Å². The first-order valence-electron chi connectivity index (χ1n) is 30.8. The molecule has 68 heavy (non-hydrogen) atoms. The van der Waals surface area contributed by atoms with Crippen LogP contribution in [-0.4, -0.2) is 37.2 Å². The smallest absolute Gasteiger partial charge is 0.306 e. The molecule has 0 radical (unpaired) electrons. The van der Waals surface area contributed by atoms with Crippen molar-refractivity contribution in [3.8, 4) is 0 Å². The molecule has 6 nitrogen and oxygen atoms in total. The lowest BCUT2D eigenvalue weighted by Crippen LogP contribution is -2.30. The predicted molar refractivity (Wildman–Crippen MR) is 293 cm³/mol. The molecule has 0 rings (SSSR count). The van der Waals surface area contributed by atoms with Crippen LogP contribution in [0.2, 0.25) is 0 Å². The van der Waals surface area contributed by atoms with E-state index >= 15 is 0 Å². The Morgan fingerprint density at radius 2 is 0.515 bits per heavy atom. The van der Waals surface area contributed by atoms with E-state index in [1.165, 1.54) is 238 Å². The number of carbonyl (C=O) groups is 3. The van der Waals surface area contributed by atoms with Crippen LogP contribution in [-0.2, 0) is 28.6 Å². The zero-order valence-electron chi connectivity index (χ0n) is 46.7. The molecule has 0 aromatic heterocycles. The highest BCUT2D eigenvalue weighted by Gasteiger charge is 2.19. The summed E-state index contributed by atoms with van der Waals surface area (Å²) in [4.78, 5) is 38.2. The van der Waals surface area contributed by atoms with E-state index in [0.717, 1.165) is 69.6 Å². The molecule has 0 heterocycles. The number of ether oxygens (including phenoxy) is 3. The number of carbonyl (C=O) groups excluding carboxylic acids is 3. The summed E-state index contributed by atoms with van der Waals surface area (Å²) in [7, 11) is 0. The van der Waals surface area contributed by atoms with Crippen molar-refractivity contribution in [2.45, 2.75) is 355 Å². The average Bonchev–Trinajstić information content (AvgIpc) is 3.34. The Morgan fingerprint density at radius 1 is 0.294 bits per heavy atom. The zero-order valence-corrected chi connectivity index (χ0v) is 46.7. The Bertz CT molecular complexity index is 1040. The van der Waals surface area contributed by atoms with Crippen molar-refractivity contribution in [1.29, 1.82) is 0 Å². The molecule has 0 spiro atoms. The molecule has 0 aliphatic rings. The topological polar surface area (TPSA) is 78.9 Å². The Labute approximate surface area is 425 Å². The van der Waals surface area contributed by atoms with E-state index in [0.29, 0.717) is 19.3 Å². The maximum atomic E-state index is 12.9. The summed E-state index contributed by atoms with van der Waals surface area (Å²) in [5.74, 6) is 0.921. The molecule has 0 aliphatic carbocycles. The Balaban J connectivity index is 4.23. The first kappa shape index (κ1) is 66.4. The molecular formula is C62H120O6. The minimum atomic E-state index is -0.763. The van der Waals surface area contributed by atoms with E-state index < -0.39 is 6.10 Å². The van der Waals surface area contributed by atoms with E-state index in [1.807, 2.05) is 0 Å². The largest absolute Gasteiger partial charge is 0.462 e. The molecule has 0 N–H and O–H groups in total. The van der Waals surface area contributed by atoms with Crippen LogP contribution in [0.3, 0.4) is 0 Å². The van der Waals surface area contributed by atoms with Crippen molar-refractivity contribution >= 4 is 17.9 Å².